The fourth-order valence-electron chi connectivity index (χ4n) is 1.60. The minimum atomic E-state index is -0.00513. The molecular formula is C12H25N3O. The Bertz CT molecular complexity index is 247. The molecule has 0 aliphatic heterocycles. The zero-order chi connectivity index (χ0) is 12.6. The summed E-state index contributed by atoms with van der Waals surface area (Å²) < 4.78 is 0. The summed E-state index contributed by atoms with van der Waals surface area (Å²) in [6.07, 6.45) is 4.88. The van der Waals surface area contributed by atoms with Gasteiger partial charge in [-0.3, -0.25) is 4.79 Å². The smallest absolute Gasteiger partial charge is 0.132 e. The van der Waals surface area contributed by atoms with Crippen LogP contribution in [0.25, 0.3) is 0 Å². The van der Waals surface area contributed by atoms with E-state index in [1.165, 1.54) is 0 Å². The number of nitrogens with zero attached hydrogens (tertiary/aromatic N) is 1. The molecule has 0 radical (unpaired) electrons. The van der Waals surface area contributed by atoms with E-state index in [1.54, 1.807) is 0 Å². The van der Waals surface area contributed by atoms with E-state index in [-0.39, 0.29) is 5.41 Å². The van der Waals surface area contributed by atoms with E-state index in [9.17, 15) is 4.79 Å². The molecule has 0 spiro atoms. The molecule has 0 aliphatic carbocycles. The first-order valence-electron chi connectivity index (χ1n) is 5.95. The standard InChI is InChI=1S/C12H25N3O/c1-4-5-6-10(16)7-8-12(2,3)9-11(13)15-14/h4-9,14H2,1-3H3,(H2,13,15). The Morgan fingerprint density at radius 1 is 1.31 bits per heavy atom. The quantitative estimate of drug-likeness (QED) is 0.288. The summed E-state index contributed by atoms with van der Waals surface area (Å²) in [5.74, 6) is 5.89. The van der Waals surface area contributed by atoms with Crippen molar-refractivity contribution in [3.05, 3.63) is 0 Å². The first-order chi connectivity index (χ1) is 7.41. The first-order valence-corrected chi connectivity index (χ1v) is 5.95. The van der Waals surface area contributed by atoms with Gasteiger partial charge in [-0.1, -0.05) is 27.2 Å². The van der Waals surface area contributed by atoms with Gasteiger partial charge in [0.1, 0.15) is 11.6 Å². The van der Waals surface area contributed by atoms with Crippen molar-refractivity contribution < 1.29 is 4.79 Å². The number of hydrogen-bond donors (Lipinski definition) is 2. The fourth-order valence-corrected chi connectivity index (χ4v) is 1.60. The van der Waals surface area contributed by atoms with Crippen molar-refractivity contribution in [3.8, 4) is 0 Å². The molecule has 0 aromatic carbocycles. The Balaban J connectivity index is 3.93. The van der Waals surface area contributed by atoms with Crippen molar-refractivity contribution in [1.82, 2.24) is 0 Å². The van der Waals surface area contributed by atoms with Gasteiger partial charge in [-0.05, 0) is 18.3 Å². The predicted molar refractivity (Wildman–Crippen MR) is 68.0 cm³/mol. The number of amidine groups is 1. The summed E-state index contributed by atoms with van der Waals surface area (Å²) in [4.78, 5) is 11.5. The van der Waals surface area contributed by atoms with Gasteiger partial charge in [0.15, 0.2) is 0 Å². The van der Waals surface area contributed by atoms with E-state index >= 15 is 0 Å². The van der Waals surface area contributed by atoms with Crippen LogP contribution in [-0.2, 0) is 4.79 Å². The second kappa shape index (κ2) is 7.25. The maximum atomic E-state index is 11.5. The molecule has 0 aliphatic rings. The number of hydrazone groups is 1. The van der Waals surface area contributed by atoms with Gasteiger partial charge in [-0.15, -0.1) is 0 Å². The Labute approximate surface area is 98.5 Å². The minimum absolute atomic E-state index is 0.00513. The van der Waals surface area contributed by atoms with Gasteiger partial charge in [0.05, 0.1) is 0 Å². The molecule has 0 rings (SSSR count). The van der Waals surface area contributed by atoms with Crippen LogP contribution in [0.5, 0.6) is 0 Å². The van der Waals surface area contributed by atoms with E-state index in [4.69, 9.17) is 11.6 Å². The molecule has 0 saturated carbocycles. The van der Waals surface area contributed by atoms with Gasteiger partial charge in [0, 0.05) is 19.3 Å². The predicted octanol–water partition coefficient (Wildman–Crippen LogP) is 2.17. The molecule has 0 unspecified atom stereocenters. The zero-order valence-electron chi connectivity index (χ0n) is 10.8. The number of hydrogen-bond acceptors (Lipinski definition) is 3. The number of ketones is 1. The highest BCUT2D eigenvalue weighted by atomic mass is 16.1. The number of Topliss-reactive ketones (excluding diaryl/α,β-unsaturated/α-hetero) is 1. The molecular weight excluding hydrogens is 202 g/mol. The van der Waals surface area contributed by atoms with Gasteiger partial charge in [0.25, 0.3) is 0 Å². The number of unbranched alkanes of at least 4 members (excludes halogenated alkanes) is 1. The van der Waals surface area contributed by atoms with Crippen LogP contribution in [0.4, 0.5) is 0 Å². The fraction of sp³-hybridized carbons (Fsp3) is 0.833. The molecule has 0 amide bonds. The molecule has 0 fully saturated rings. The highest BCUT2D eigenvalue weighted by Gasteiger charge is 2.20. The molecule has 4 N–H and O–H groups in total. The number of carbonyl (C=O) groups excluding carboxylic acids is 1. The summed E-state index contributed by atoms with van der Waals surface area (Å²) in [6.45, 7) is 6.26. The lowest BCUT2D eigenvalue weighted by atomic mass is 9.83. The van der Waals surface area contributed by atoms with Crippen LogP contribution >= 0.6 is 0 Å². The lowest BCUT2D eigenvalue weighted by Gasteiger charge is -2.23. The topological polar surface area (TPSA) is 81.5 Å². The van der Waals surface area contributed by atoms with Crippen molar-refractivity contribution in [2.45, 2.75) is 59.3 Å². The molecule has 16 heavy (non-hydrogen) atoms. The largest absolute Gasteiger partial charge is 0.386 e. The molecule has 4 nitrogen and oxygen atoms in total. The van der Waals surface area contributed by atoms with Gasteiger partial charge < -0.3 is 11.6 Å². The molecule has 0 aromatic heterocycles. The third-order valence-electron chi connectivity index (χ3n) is 2.72. The molecule has 0 aromatic rings. The maximum absolute atomic E-state index is 11.5. The van der Waals surface area contributed by atoms with Crippen LogP contribution in [0, 0.1) is 5.41 Å². The SMILES string of the molecule is CCCCC(=O)CCC(C)(C)C/C(N)=N/N. The number of nitrogens with two attached hydrogens (primary N) is 2. The third kappa shape index (κ3) is 7.26. The summed E-state index contributed by atoms with van der Waals surface area (Å²) in [5, 5.41) is 3.46. The lowest BCUT2D eigenvalue weighted by Crippen LogP contribution is -2.24. The zero-order valence-corrected chi connectivity index (χ0v) is 10.8. The normalized spacial score (nSPS) is 12.8. The first kappa shape index (κ1) is 14.9. The average Bonchev–Trinajstić information content (AvgIpc) is 2.23. The van der Waals surface area contributed by atoms with E-state index in [0.29, 0.717) is 30.9 Å². The molecule has 0 bridgehead atoms. The molecule has 0 heterocycles. The maximum Gasteiger partial charge on any atom is 0.132 e. The van der Waals surface area contributed by atoms with Crippen molar-refractivity contribution in [2.75, 3.05) is 0 Å². The Morgan fingerprint density at radius 3 is 2.44 bits per heavy atom. The Hall–Kier alpha value is -1.06. The number of rotatable bonds is 8. The highest BCUT2D eigenvalue weighted by Crippen LogP contribution is 2.27. The number of carbonyl (C=O) groups is 1. The van der Waals surface area contributed by atoms with E-state index in [1.807, 2.05) is 0 Å². The van der Waals surface area contributed by atoms with Gasteiger partial charge in [-0.2, -0.15) is 5.10 Å². The second-order valence-corrected chi connectivity index (χ2v) is 5.10. The van der Waals surface area contributed by atoms with Crippen molar-refractivity contribution in [3.63, 3.8) is 0 Å². The van der Waals surface area contributed by atoms with Crippen molar-refractivity contribution >= 4 is 11.6 Å². The van der Waals surface area contributed by atoms with Crippen molar-refractivity contribution in [2.24, 2.45) is 22.1 Å². The van der Waals surface area contributed by atoms with Crippen LogP contribution in [0.15, 0.2) is 5.10 Å². The Morgan fingerprint density at radius 2 is 1.94 bits per heavy atom. The van der Waals surface area contributed by atoms with E-state index in [2.05, 4.69) is 25.9 Å². The summed E-state index contributed by atoms with van der Waals surface area (Å²) >= 11 is 0. The van der Waals surface area contributed by atoms with Crippen LogP contribution in [-0.4, -0.2) is 11.6 Å². The summed E-state index contributed by atoms with van der Waals surface area (Å²) in [7, 11) is 0. The highest BCUT2D eigenvalue weighted by molar-refractivity contribution is 5.81. The van der Waals surface area contributed by atoms with Crippen LogP contribution in [0.1, 0.15) is 59.3 Å². The lowest BCUT2D eigenvalue weighted by molar-refractivity contribution is -0.119. The van der Waals surface area contributed by atoms with Crippen LogP contribution in [0.2, 0.25) is 0 Å². The van der Waals surface area contributed by atoms with Crippen LogP contribution in [0.3, 0.4) is 0 Å². The molecule has 4 heteroatoms. The summed E-state index contributed by atoms with van der Waals surface area (Å²) in [6, 6.07) is 0. The van der Waals surface area contributed by atoms with Gasteiger partial charge in [-0.25, -0.2) is 0 Å². The monoisotopic (exact) mass is 227 g/mol. The van der Waals surface area contributed by atoms with E-state index in [0.717, 1.165) is 19.3 Å². The third-order valence-corrected chi connectivity index (χ3v) is 2.72. The Kier molecular flexibility index (Phi) is 6.77. The summed E-state index contributed by atoms with van der Waals surface area (Å²) in [5.41, 5.74) is 5.58. The minimum Gasteiger partial charge on any atom is -0.386 e. The van der Waals surface area contributed by atoms with Gasteiger partial charge in [0.2, 0.25) is 0 Å². The second-order valence-electron chi connectivity index (χ2n) is 5.10. The van der Waals surface area contributed by atoms with E-state index < -0.39 is 0 Å². The average molecular weight is 227 g/mol. The van der Waals surface area contributed by atoms with Gasteiger partial charge >= 0.3 is 0 Å². The molecule has 94 valence electrons. The molecule has 0 atom stereocenters. The van der Waals surface area contributed by atoms with Crippen LogP contribution < -0.4 is 11.6 Å². The van der Waals surface area contributed by atoms with Crippen molar-refractivity contribution in [1.29, 1.82) is 0 Å². The molecule has 0 saturated heterocycles.